The number of tetrazole rings is 1. The average Bonchev–Trinajstić information content (AvgIpc) is 3.41. The number of nitrogens with zero attached hydrogens (tertiary/aromatic N) is 5. The summed E-state index contributed by atoms with van der Waals surface area (Å²) in [6.07, 6.45) is 6.34. The highest BCUT2D eigenvalue weighted by Crippen LogP contribution is 2.40. The van der Waals surface area contributed by atoms with E-state index in [4.69, 9.17) is 4.74 Å². The lowest BCUT2D eigenvalue weighted by atomic mass is 9.69. The van der Waals surface area contributed by atoms with E-state index in [0.717, 1.165) is 51.0 Å². The Hall–Kier alpha value is -1.49. The van der Waals surface area contributed by atoms with E-state index in [2.05, 4.69) is 32.6 Å². The number of likely N-dealkylation sites (tertiary alicyclic amines) is 1. The molecule has 3 fully saturated rings. The van der Waals surface area contributed by atoms with Gasteiger partial charge in [0.2, 0.25) is 0 Å². The fourth-order valence-electron chi connectivity index (χ4n) is 5.81. The van der Waals surface area contributed by atoms with E-state index >= 15 is 0 Å². The first-order chi connectivity index (χ1) is 15.5. The first-order valence-electron chi connectivity index (χ1n) is 12.1. The van der Waals surface area contributed by atoms with Crippen molar-refractivity contribution in [2.24, 2.45) is 17.8 Å². The number of nitrogens with one attached hydrogen (secondary N) is 1. The van der Waals surface area contributed by atoms with E-state index in [9.17, 15) is 14.7 Å². The van der Waals surface area contributed by atoms with Crippen molar-refractivity contribution < 1.29 is 19.4 Å². The maximum atomic E-state index is 12.7. The summed E-state index contributed by atoms with van der Waals surface area (Å²) in [6, 6.07) is -0.721. The van der Waals surface area contributed by atoms with Gasteiger partial charge in [0, 0.05) is 19.5 Å². The van der Waals surface area contributed by atoms with Gasteiger partial charge in [0.1, 0.15) is 12.1 Å². The van der Waals surface area contributed by atoms with Gasteiger partial charge < -0.3 is 15.2 Å². The number of ether oxygens (including phenoxy) is 1. The summed E-state index contributed by atoms with van der Waals surface area (Å²) in [7, 11) is 0. The number of halogens is 2. The zero-order valence-electron chi connectivity index (χ0n) is 20.0. The van der Waals surface area contributed by atoms with Gasteiger partial charge in [-0.3, -0.25) is 14.5 Å². The molecule has 34 heavy (non-hydrogen) atoms. The van der Waals surface area contributed by atoms with Crippen LogP contribution in [0.15, 0.2) is 0 Å². The van der Waals surface area contributed by atoms with Crippen molar-refractivity contribution in [2.75, 3.05) is 26.2 Å². The number of carbonyl (C=O) groups is 2. The third kappa shape index (κ3) is 6.59. The van der Waals surface area contributed by atoms with Crippen LogP contribution < -0.4 is 5.32 Å². The largest absolute Gasteiger partial charge is 0.480 e. The Morgan fingerprint density at radius 2 is 1.94 bits per heavy atom. The van der Waals surface area contributed by atoms with Crippen molar-refractivity contribution in [2.45, 2.75) is 76.9 Å². The Kier molecular flexibility index (Phi) is 11.0. The molecule has 6 unspecified atom stereocenters. The fraction of sp³-hybridized carbons (Fsp3) is 0.864. The van der Waals surface area contributed by atoms with Crippen molar-refractivity contribution in [1.82, 2.24) is 30.4 Å². The quantitative estimate of drug-likeness (QED) is 0.496. The molecule has 1 aliphatic carbocycles. The standard InChI is InChI=1S/C22H36N6O4.2ClH/c1-3-5-20-24-26-28(25-20)17-10-19(22(31)32-4-2)27(13-17)12-14-6-7-15-11-23-18(21(29)30)9-16(15)8-14;;/h14-19,23H,3-13H2,1-2H3,(H,29,30);2*1H. The Bertz CT molecular complexity index is 812. The molecule has 4 rings (SSSR count). The van der Waals surface area contributed by atoms with Crippen LogP contribution in [0.1, 0.15) is 64.2 Å². The smallest absolute Gasteiger partial charge is 0.323 e. The number of esters is 1. The van der Waals surface area contributed by atoms with Crippen LogP contribution in [0.2, 0.25) is 0 Å². The molecular weight excluding hydrogens is 483 g/mol. The van der Waals surface area contributed by atoms with E-state index in [1.54, 1.807) is 4.80 Å². The molecule has 1 aromatic heterocycles. The summed E-state index contributed by atoms with van der Waals surface area (Å²) in [4.78, 5) is 28.1. The maximum Gasteiger partial charge on any atom is 0.323 e. The number of carboxylic acid groups (broad SMARTS) is 1. The third-order valence-electron chi connectivity index (χ3n) is 7.41. The van der Waals surface area contributed by atoms with Gasteiger partial charge in [-0.25, -0.2) is 0 Å². The van der Waals surface area contributed by atoms with E-state index < -0.39 is 12.0 Å². The number of carboxylic acids is 1. The second-order valence-electron chi connectivity index (χ2n) is 9.62. The normalized spacial score (nSPS) is 31.1. The maximum absolute atomic E-state index is 12.7. The molecule has 0 spiro atoms. The number of aromatic nitrogens is 4. The predicted octanol–water partition coefficient (Wildman–Crippen LogP) is 2.13. The minimum atomic E-state index is -0.752. The number of carbonyl (C=O) groups excluding carboxylic acids is 1. The van der Waals surface area contributed by atoms with Gasteiger partial charge >= 0.3 is 11.9 Å². The van der Waals surface area contributed by atoms with Gasteiger partial charge in [0.05, 0.1) is 12.6 Å². The second kappa shape index (κ2) is 13.0. The van der Waals surface area contributed by atoms with Crippen molar-refractivity contribution >= 4 is 36.8 Å². The summed E-state index contributed by atoms with van der Waals surface area (Å²) in [6.45, 7) is 6.61. The van der Waals surface area contributed by atoms with Crippen molar-refractivity contribution in [1.29, 1.82) is 0 Å². The highest BCUT2D eigenvalue weighted by molar-refractivity contribution is 5.85. The molecule has 1 saturated carbocycles. The lowest BCUT2D eigenvalue weighted by molar-refractivity contribution is -0.149. The lowest BCUT2D eigenvalue weighted by Gasteiger charge is -2.42. The summed E-state index contributed by atoms with van der Waals surface area (Å²) < 4.78 is 5.38. The molecule has 3 heterocycles. The topological polar surface area (TPSA) is 122 Å². The van der Waals surface area contributed by atoms with E-state index in [-0.39, 0.29) is 42.9 Å². The van der Waals surface area contributed by atoms with Crippen LogP contribution in [-0.2, 0) is 20.7 Å². The Labute approximate surface area is 213 Å². The molecule has 2 N–H and O–H groups in total. The van der Waals surface area contributed by atoms with Crippen molar-refractivity contribution in [3.63, 3.8) is 0 Å². The van der Waals surface area contributed by atoms with Crippen LogP contribution in [0.4, 0.5) is 0 Å². The molecular formula is C22H38Cl2N6O4. The number of aryl methyl sites for hydroxylation is 1. The zero-order chi connectivity index (χ0) is 22.7. The Morgan fingerprint density at radius 1 is 1.15 bits per heavy atom. The Balaban J connectivity index is 0.00000204. The average molecular weight is 521 g/mol. The lowest BCUT2D eigenvalue weighted by Crippen LogP contribution is -2.50. The zero-order valence-corrected chi connectivity index (χ0v) is 21.6. The van der Waals surface area contributed by atoms with Crippen molar-refractivity contribution in [3.05, 3.63) is 5.82 Å². The van der Waals surface area contributed by atoms with Gasteiger partial charge in [-0.15, -0.1) is 35.0 Å². The number of aliphatic carboxylic acids is 1. The first-order valence-corrected chi connectivity index (χ1v) is 12.1. The van der Waals surface area contributed by atoms with Crippen LogP contribution in [-0.4, -0.2) is 80.5 Å². The molecule has 10 nitrogen and oxygen atoms in total. The molecule has 2 aliphatic heterocycles. The van der Waals surface area contributed by atoms with Crippen LogP contribution in [0.25, 0.3) is 0 Å². The number of fused-ring (bicyclic) bond motifs is 1. The van der Waals surface area contributed by atoms with Crippen molar-refractivity contribution in [3.8, 4) is 0 Å². The SMILES string of the molecule is CCCc1nnn(C2CC(C(=O)OCC)N(CC3CCC4CNC(C(=O)O)CC4C3)C2)n1.Cl.Cl. The van der Waals surface area contributed by atoms with Gasteiger partial charge in [-0.2, -0.15) is 4.80 Å². The number of piperidine rings is 1. The summed E-state index contributed by atoms with van der Waals surface area (Å²) in [5, 5.41) is 25.5. The molecule has 0 aromatic carbocycles. The molecule has 1 aromatic rings. The molecule has 2 saturated heterocycles. The van der Waals surface area contributed by atoms with Crippen LogP contribution in [0, 0.1) is 17.8 Å². The van der Waals surface area contributed by atoms with E-state index in [1.165, 1.54) is 0 Å². The highest BCUT2D eigenvalue weighted by atomic mass is 35.5. The third-order valence-corrected chi connectivity index (χ3v) is 7.41. The fourth-order valence-corrected chi connectivity index (χ4v) is 5.81. The Morgan fingerprint density at radius 3 is 2.65 bits per heavy atom. The highest BCUT2D eigenvalue weighted by Gasteiger charge is 2.43. The van der Waals surface area contributed by atoms with Gasteiger partial charge in [-0.05, 0) is 75.0 Å². The molecule has 0 bridgehead atoms. The van der Waals surface area contributed by atoms with Crippen LogP contribution in [0.3, 0.4) is 0 Å². The molecule has 6 atom stereocenters. The predicted molar refractivity (Wildman–Crippen MR) is 130 cm³/mol. The molecule has 12 heteroatoms. The van der Waals surface area contributed by atoms with E-state index in [0.29, 0.717) is 43.7 Å². The van der Waals surface area contributed by atoms with Gasteiger partial charge in [0.15, 0.2) is 5.82 Å². The molecule has 194 valence electrons. The second-order valence-corrected chi connectivity index (χ2v) is 9.62. The molecule has 0 radical (unpaired) electrons. The van der Waals surface area contributed by atoms with E-state index in [1.807, 2.05) is 6.92 Å². The number of rotatable bonds is 8. The first kappa shape index (κ1) is 28.7. The molecule has 0 amide bonds. The number of hydrogen-bond donors (Lipinski definition) is 2. The number of hydrogen-bond acceptors (Lipinski definition) is 8. The van der Waals surface area contributed by atoms with Gasteiger partial charge in [-0.1, -0.05) is 6.92 Å². The summed E-state index contributed by atoms with van der Waals surface area (Å²) >= 11 is 0. The summed E-state index contributed by atoms with van der Waals surface area (Å²) in [5.41, 5.74) is 0. The van der Waals surface area contributed by atoms with Gasteiger partial charge in [0.25, 0.3) is 0 Å². The summed E-state index contributed by atoms with van der Waals surface area (Å²) in [5.74, 6) is 1.27. The minimum absolute atomic E-state index is 0. The van der Waals surface area contributed by atoms with Crippen LogP contribution in [0.5, 0.6) is 0 Å². The van der Waals surface area contributed by atoms with Crippen LogP contribution >= 0.6 is 24.8 Å². The minimum Gasteiger partial charge on any atom is -0.480 e. The monoisotopic (exact) mass is 520 g/mol. The molecule has 3 aliphatic rings.